The third-order valence-corrected chi connectivity index (χ3v) is 14.4. The SMILES string of the molecule is CC1(C)c2ccccc2N(c2ccc3c(c2)N2c4ncccc4C(C)(C)c4cccc(c42)C3(C)C)c2cc3c(cc21)c1cccc2c1n3-c1ncccc1C2(C)C. The van der Waals surface area contributed by atoms with Crippen molar-refractivity contribution in [2.75, 3.05) is 9.80 Å². The highest BCUT2D eigenvalue weighted by molar-refractivity contribution is 6.13. The summed E-state index contributed by atoms with van der Waals surface area (Å²) < 4.78 is 2.44. The molecule has 0 saturated carbocycles. The van der Waals surface area contributed by atoms with Crippen LogP contribution in [0.2, 0.25) is 0 Å². The molecule has 5 aromatic carbocycles. The van der Waals surface area contributed by atoms with Crippen LogP contribution >= 0.6 is 0 Å². The molecule has 0 N–H and O–H groups in total. The second-order valence-electron chi connectivity index (χ2n) is 18.8. The molecule has 0 fully saturated rings. The molecule has 5 heteroatoms. The molecule has 4 aliphatic heterocycles. The van der Waals surface area contributed by atoms with Gasteiger partial charge in [-0.15, -0.1) is 0 Å². The van der Waals surface area contributed by atoms with Gasteiger partial charge in [0.15, 0.2) is 0 Å². The highest BCUT2D eigenvalue weighted by atomic mass is 15.2. The average molecular weight is 740 g/mol. The van der Waals surface area contributed by atoms with Gasteiger partial charge in [0.05, 0.1) is 33.8 Å². The van der Waals surface area contributed by atoms with Crippen LogP contribution < -0.4 is 9.80 Å². The maximum absolute atomic E-state index is 5.14. The number of para-hydroxylation sites is 3. The van der Waals surface area contributed by atoms with Gasteiger partial charge in [-0.25, -0.2) is 9.97 Å². The fraction of sp³-hybridized carbons (Fsp3) is 0.231. The third-order valence-electron chi connectivity index (χ3n) is 14.4. The van der Waals surface area contributed by atoms with Gasteiger partial charge in [-0.1, -0.05) is 128 Å². The number of nitrogens with zero attached hydrogens (tertiary/aromatic N) is 5. The van der Waals surface area contributed by atoms with Crippen LogP contribution in [0.1, 0.15) is 99.9 Å². The Bertz CT molecular complexity index is 3090. The molecule has 0 bridgehead atoms. The summed E-state index contributed by atoms with van der Waals surface area (Å²) in [6.45, 7) is 18.9. The normalized spacial score (nSPS) is 18.0. The number of rotatable bonds is 1. The first kappa shape index (κ1) is 33.0. The minimum Gasteiger partial charge on any atom is -0.310 e. The first-order chi connectivity index (χ1) is 27.3. The molecule has 7 heterocycles. The summed E-state index contributed by atoms with van der Waals surface area (Å²) in [5.74, 6) is 2.04. The van der Waals surface area contributed by atoms with E-state index in [9.17, 15) is 0 Å². The van der Waals surface area contributed by atoms with Crippen molar-refractivity contribution in [3.05, 3.63) is 172 Å². The van der Waals surface area contributed by atoms with Gasteiger partial charge < -0.3 is 4.90 Å². The third kappa shape index (κ3) is 3.86. The van der Waals surface area contributed by atoms with E-state index < -0.39 is 0 Å². The van der Waals surface area contributed by atoms with E-state index in [2.05, 4.69) is 185 Å². The van der Waals surface area contributed by atoms with E-state index in [0.717, 1.165) is 17.3 Å². The molecular formula is C52H45N5. The molecular weight excluding hydrogens is 695 g/mol. The number of fused-ring (bicyclic) bond motifs is 11. The van der Waals surface area contributed by atoms with Crippen LogP contribution in [0.15, 0.2) is 128 Å². The highest BCUT2D eigenvalue weighted by Crippen LogP contribution is 2.61. The zero-order chi connectivity index (χ0) is 39.0. The summed E-state index contributed by atoms with van der Waals surface area (Å²) in [4.78, 5) is 15.2. The Kier molecular flexibility index (Phi) is 6.02. The smallest absolute Gasteiger partial charge is 0.141 e. The van der Waals surface area contributed by atoms with E-state index in [0.29, 0.717) is 0 Å². The Hall–Kier alpha value is -6.20. The fourth-order valence-electron chi connectivity index (χ4n) is 11.3. The van der Waals surface area contributed by atoms with E-state index in [1.165, 1.54) is 89.1 Å². The van der Waals surface area contributed by atoms with Gasteiger partial charge >= 0.3 is 0 Å². The molecule has 0 spiro atoms. The Morgan fingerprint density at radius 3 is 1.74 bits per heavy atom. The van der Waals surface area contributed by atoms with Gasteiger partial charge in [0, 0.05) is 61.6 Å². The topological polar surface area (TPSA) is 37.2 Å². The Labute approximate surface area is 334 Å². The molecule has 0 aliphatic carbocycles. The zero-order valence-electron chi connectivity index (χ0n) is 33.9. The first-order valence-electron chi connectivity index (χ1n) is 20.3. The fourth-order valence-corrected chi connectivity index (χ4v) is 11.3. The van der Waals surface area contributed by atoms with Gasteiger partial charge in [0.25, 0.3) is 0 Å². The van der Waals surface area contributed by atoms with E-state index in [1.54, 1.807) is 0 Å². The van der Waals surface area contributed by atoms with Gasteiger partial charge in [-0.05, 0) is 75.8 Å². The summed E-state index contributed by atoms with van der Waals surface area (Å²) in [6.07, 6.45) is 3.89. The molecule has 3 aromatic heterocycles. The zero-order valence-corrected chi connectivity index (χ0v) is 33.9. The maximum atomic E-state index is 5.14. The van der Waals surface area contributed by atoms with E-state index >= 15 is 0 Å². The number of anilines is 6. The molecule has 0 unspecified atom stereocenters. The lowest BCUT2D eigenvalue weighted by molar-refractivity contribution is 0.594. The van der Waals surface area contributed by atoms with Crippen molar-refractivity contribution in [1.82, 2.24) is 14.5 Å². The Morgan fingerprint density at radius 2 is 0.965 bits per heavy atom. The average Bonchev–Trinajstić information content (AvgIpc) is 3.53. The molecule has 0 saturated heterocycles. The summed E-state index contributed by atoms with van der Waals surface area (Å²) in [7, 11) is 0. The maximum Gasteiger partial charge on any atom is 0.141 e. The second-order valence-corrected chi connectivity index (χ2v) is 18.8. The van der Waals surface area contributed by atoms with E-state index in [1.807, 2.05) is 12.4 Å². The van der Waals surface area contributed by atoms with Crippen LogP contribution in [-0.2, 0) is 21.7 Å². The summed E-state index contributed by atoms with van der Waals surface area (Å²) >= 11 is 0. The lowest BCUT2D eigenvalue weighted by Gasteiger charge is -2.49. The van der Waals surface area contributed by atoms with Gasteiger partial charge in [-0.2, -0.15) is 0 Å². The van der Waals surface area contributed by atoms with Crippen molar-refractivity contribution in [3.63, 3.8) is 0 Å². The Morgan fingerprint density at radius 1 is 0.404 bits per heavy atom. The second kappa shape index (κ2) is 10.4. The van der Waals surface area contributed by atoms with Crippen LogP contribution in [-0.4, -0.2) is 14.5 Å². The van der Waals surface area contributed by atoms with Crippen molar-refractivity contribution in [1.29, 1.82) is 0 Å². The molecule has 0 amide bonds. The minimum absolute atomic E-state index is 0.179. The van der Waals surface area contributed by atoms with Crippen LogP contribution in [0.3, 0.4) is 0 Å². The van der Waals surface area contributed by atoms with Gasteiger partial charge in [0.2, 0.25) is 0 Å². The molecule has 5 nitrogen and oxygen atoms in total. The standard InChI is InChI=1S/C52H45N5/c1-49(2)34-24-23-30(27-43(34)57-46-36(49)18-12-19-37(46)52(7,8)39-21-14-26-54-48(39)57)55-41-22-10-9-16-33(41)50(3,4)40-28-32-31-15-11-17-35-45(31)56(42(32)29-44(40)55)47-38(51(35,5)6)20-13-25-53-47/h9-29H,1-8H3. The van der Waals surface area contributed by atoms with E-state index in [-0.39, 0.29) is 21.7 Å². The largest absolute Gasteiger partial charge is 0.310 e. The predicted molar refractivity (Wildman–Crippen MR) is 234 cm³/mol. The summed E-state index contributed by atoms with van der Waals surface area (Å²) in [5.41, 5.74) is 18.0. The number of aromatic nitrogens is 3. The van der Waals surface area contributed by atoms with Crippen molar-refractivity contribution >= 4 is 56.1 Å². The number of benzene rings is 5. The Balaban J connectivity index is 1.16. The lowest BCUT2D eigenvalue weighted by atomic mass is 9.67. The van der Waals surface area contributed by atoms with Crippen molar-refractivity contribution < 1.29 is 0 Å². The highest BCUT2D eigenvalue weighted by Gasteiger charge is 2.47. The number of pyridine rings is 2. The molecule has 0 atom stereocenters. The molecule has 4 aliphatic rings. The molecule has 0 radical (unpaired) electrons. The van der Waals surface area contributed by atoms with Gasteiger partial charge in [-0.3, -0.25) is 9.47 Å². The van der Waals surface area contributed by atoms with Gasteiger partial charge in [0.1, 0.15) is 11.6 Å². The number of hydrogen-bond acceptors (Lipinski definition) is 4. The lowest BCUT2D eigenvalue weighted by Crippen LogP contribution is -2.38. The van der Waals surface area contributed by atoms with Crippen molar-refractivity contribution in [3.8, 4) is 5.82 Å². The first-order valence-corrected chi connectivity index (χ1v) is 20.3. The van der Waals surface area contributed by atoms with Crippen LogP contribution in [0, 0.1) is 0 Å². The summed E-state index contributed by atoms with van der Waals surface area (Å²) in [5, 5.41) is 2.54. The van der Waals surface area contributed by atoms with Crippen LogP contribution in [0.5, 0.6) is 0 Å². The summed E-state index contributed by atoms with van der Waals surface area (Å²) in [6, 6.07) is 43.6. The predicted octanol–water partition coefficient (Wildman–Crippen LogP) is 13.1. The molecule has 57 heavy (non-hydrogen) atoms. The van der Waals surface area contributed by atoms with Crippen LogP contribution in [0.25, 0.3) is 27.6 Å². The van der Waals surface area contributed by atoms with Crippen LogP contribution in [0.4, 0.5) is 34.3 Å². The van der Waals surface area contributed by atoms with E-state index in [4.69, 9.17) is 9.97 Å². The molecule has 8 aromatic rings. The molecule has 12 rings (SSSR count). The number of hydrogen-bond donors (Lipinski definition) is 0. The van der Waals surface area contributed by atoms with Crippen molar-refractivity contribution in [2.24, 2.45) is 0 Å². The molecule has 278 valence electrons. The monoisotopic (exact) mass is 739 g/mol. The van der Waals surface area contributed by atoms with Crippen molar-refractivity contribution in [2.45, 2.75) is 77.0 Å². The quantitative estimate of drug-likeness (QED) is 0.168. The minimum atomic E-state index is -0.246.